The fourth-order valence-electron chi connectivity index (χ4n) is 1.99. The second-order valence-electron chi connectivity index (χ2n) is 5.07. The minimum atomic E-state index is -3.83. The highest BCUT2D eigenvalue weighted by Crippen LogP contribution is 2.24. The lowest BCUT2D eigenvalue weighted by Crippen LogP contribution is -2.25. The second kappa shape index (κ2) is 8.26. The predicted octanol–water partition coefficient (Wildman–Crippen LogP) is 3.09. The van der Waals surface area contributed by atoms with Crippen LogP contribution in [0.15, 0.2) is 47.4 Å². The van der Waals surface area contributed by atoms with Crippen LogP contribution in [0.4, 0.5) is 5.69 Å². The first-order chi connectivity index (χ1) is 11.8. The van der Waals surface area contributed by atoms with Crippen molar-refractivity contribution in [2.75, 3.05) is 11.3 Å². The van der Waals surface area contributed by atoms with E-state index in [1.54, 1.807) is 24.3 Å². The van der Waals surface area contributed by atoms with Crippen LogP contribution in [0.25, 0.3) is 0 Å². The van der Waals surface area contributed by atoms with E-state index in [2.05, 4.69) is 16.0 Å². The molecule has 0 saturated heterocycles. The molecule has 0 aliphatic heterocycles. The monoisotopic (exact) mass is 396 g/mol. The van der Waals surface area contributed by atoms with Crippen LogP contribution in [0.3, 0.4) is 0 Å². The Morgan fingerprint density at radius 3 is 2.24 bits per heavy atom. The van der Waals surface area contributed by atoms with E-state index in [-0.39, 0.29) is 33.8 Å². The maximum atomic E-state index is 12.4. The Labute approximate surface area is 156 Å². The topological polar surface area (TPSA) is 75.3 Å². The first-order valence-electron chi connectivity index (χ1n) is 7.08. The normalized spacial score (nSPS) is 10.8. The molecular weight excluding hydrogens is 383 g/mol. The van der Waals surface area contributed by atoms with E-state index in [1.807, 2.05) is 0 Å². The molecule has 25 heavy (non-hydrogen) atoms. The number of rotatable bonds is 6. The zero-order valence-corrected chi connectivity index (χ0v) is 15.3. The summed E-state index contributed by atoms with van der Waals surface area (Å²) in [6, 6.07) is 10.5. The van der Waals surface area contributed by atoms with Crippen molar-refractivity contribution < 1.29 is 13.2 Å². The first-order valence-corrected chi connectivity index (χ1v) is 9.32. The number of anilines is 1. The minimum absolute atomic E-state index is 0.0391. The maximum absolute atomic E-state index is 12.4. The quantitative estimate of drug-likeness (QED) is 0.736. The molecule has 0 aliphatic carbocycles. The predicted molar refractivity (Wildman–Crippen MR) is 99.3 cm³/mol. The number of sulfonamides is 1. The Kier molecular flexibility index (Phi) is 6.32. The van der Waals surface area contributed by atoms with Gasteiger partial charge >= 0.3 is 0 Å². The molecule has 5 nitrogen and oxygen atoms in total. The van der Waals surface area contributed by atoms with Crippen LogP contribution in [-0.4, -0.2) is 20.9 Å². The van der Waals surface area contributed by atoms with Gasteiger partial charge < -0.3 is 5.32 Å². The van der Waals surface area contributed by atoms with Crippen molar-refractivity contribution in [3.63, 3.8) is 0 Å². The van der Waals surface area contributed by atoms with E-state index in [4.69, 9.17) is 29.6 Å². The molecule has 0 atom stereocenters. The Hall–Kier alpha value is -2.20. The van der Waals surface area contributed by atoms with Gasteiger partial charge in [-0.25, -0.2) is 8.42 Å². The Balaban J connectivity index is 2.10. The molecule has 0 spiro atoms. The zero-order valence-electron chi connectivity index (χ0n) is 12.9. The van der Waals surface area contributed by atoms with Crippen LogP contribution < -0.4 is 10.0 Å². The Bertz CT molecular complexity index is 900. The van der Waals surface area contributed by atoms with Crippen LogP contribution in [-0.2, 0) is 21.2 Å². The van der Waals surface area contributed by atoms with Gasteiger partial charge in [0.15, 0.2) is 0 Å². The smallest absolute Gasteiger partial charge is 0.261 e. The molecule has 0 aromatic heterocycles. The molecule has 0 aliphatic rings. The summed E-state index contributed by atoms with van der Waals surface area (Å²) in [6.07, 6.45) is 5.22. The van der Waals surface area contributed by atoms with Crippen LogP contribution in [0, 0.1) is 12.3 Å². The summed E-state index contributed by atoms with van der Waals surface area (Å²) >= 11 is 11.7. The SMILES string of the molecule is C#CCNC(=O)Cc1ccc(NS(=O)(=O)c2cc(Cl)cc(Cl)c2)cc1. The largest absolute Gasteiger partial charge is 0.345 e. The summed E-state index contributed by atoms with van der Waals surface area (Å²) in [6.45, 7) is 0.166. The summed E-state index contributed by atoms with van der Waals surface area (Å²) in [4.78, 5) is 11.6. The number of halogens is 2. The van der Waals surface area contributed by atoms with Gasteiger partial charge in [0, 0.05) is 15.7 Å². The minimum Gasteiger partial charge on any atom is -0.345 e. The van der Waals surface area contributed by atoms with Gasteiger partial charge in [-0.15, -0.1) is 6.42 Å². The fraction of sp³-hybridized carbons (Fsp3) is 0.118. The van der Waals surface area contributed by atoms with E-state index in [0.29, 0.717) is 5.69 Å². The molecule has 8 heteroatoms. The highest BCUT2D eigenvalue weighted by Gasteiger charge is 2.16. The molecule has 130 valence electrons. The van der Waals surface area contributed by atoms with Gasteiger partial charge in [0.2, 0.25) is 5.91 Å². The third-order valence-corrected chi connectivity index (χ3v) is 4.90. The van der Waals surface area contributed by atoms with E-state index >= 15 is 0 Å². The molecule has 1 amide bonds. The van der Waals surface area contributed by atoms with Crippen LogP contribution >= 0.6 is 23.2 Å². The van der Waals surface area contributed by atoms with Crippen molar-refractivity contribution in [3.05, 3.63) is 58.1 Å². The van der Waals surface area contributed by atoms with Crippen molar-refractivity contribution in [2.24, 2.45) is 0 Å². The third-order valence-electron chi connectivity index (χ3n) is 3.10. The zero-order chi connectivity index (χ0) is 18.4. The van der Waals surface area contributed by atoms with Gasteiger partial charge in [-0.1, -0.05) is 41.3 Å². The lowest BCUT2D eigenvalue weighted by atomic mass is 10.1. The standard InChI is InChI=1S/C17H14Cl2N2O3S/c1-2-7-20-17(22)8-12-3-5-15(6-4-12)21-25(23,24)16-10-13(18)9-14(19)11-16/h1,3-6,9-11,21H,7-8H2,(H,20,22). The van der Waals surface area contributed by atoms with Crippen molar-refractivity contribution in [3.8, 4) is 12.3 Å². The van der Waals surface area contributed by atoms with Gasteiger partial charge in [-0.05, 0) is 35.9 Å². The van der Waals surface area contributed by atoms with Gasteiger partial charge in [0.25, 0.3) is 10.0 Å². The summed E-state index contributed by atoms with van der Waals surface area (Å²) in [5, 5.41) is 3.00. The third kappa shape index (κ3) is 5.68. The maximum Gasteiger partial charge on any atom is 0.261 e. The molecule has 0 saturated carbocycles. The summed E-state index contributed by atoms with van der Waals surface area (Å²) in [5.74, 6) is 2.11. The molecule has 2 aromatic carbocycles. The van der Waals surface area contributed by atoms with Crippen molar-refractivity contribution in [2.45, 2.75) is 11.3 Å². The number of carbonyl (C=O) groups is 1. The molecule has 2 rings (SSSR count). The number of amides is 1. The Morgan fingerprint density at radius 1 is 1.08 bits per heavy atom. The summed E-state index contributed by atoms with van der Waals surface area (Å²) in [7, 11) is -3.83. The molecule has 0 unspecified atom stereocenters. The van der Waals surface area contributed by atoms with Gasteiger partial charge in [-0.2, -0.15) is 0 Å². The fourth-order valence-corrected chi connectivity index (χ4v) is 3.77. The average Bonchev–Trinajstić information content (AvgIpc) is 2.53. The number of terminal acetylenes is 1. The van der Waals surface area contributed by atoms with Gasteiger partial charge in [0.05, 0.1) is 17.9 Å². The molecular formula is C17H14Cl2N2O3S. The number of hydrogen-bond donors (Lipinski definition) is 2. The number of benzene rings is 2. The number of nitrogens with one attached hydrogen (secondary N) is 2. The lowest BCUT2D eigenvalue weighted by molar-refractivity contribution is -0.120. The van der Waals surface area contributed by atoms with E-state index in [1.165, 1.54) is 18.2 Å². The molecule has 0 fully saturated rings. The lowest BCUT2D eigenvalue weighted by Gasteiger charge is -2.10. The van der Waals surface area contributed by atoms with Gasteiger partial charge in [-0.3, -0.25) is 9.52 Å². The van der Waals surface area contributed by atoms with Crippen LogP contribution in [0.2, 0.25) is 10.0 Å². The molecule has 0 bridgehead atoms. The molecule has 2 aromatic rings. The van der Waals surface area contributed by atoms with E-state index in [9.17, 15) is 13.2 Å². The van der Waals surface area contributed by atoms with Crippen LogP contribution in [0.1, 0.15) is 5.56 Å². The highest BCUT2D eigenvalue weighted by molar-refractivity contribution is 7.92. The number of carbonyl (C=O) groups excluding carboxylic acids is 1. The number of hydrogen-bond acceptors (Lipinski definition) is 3. The van der Waals surface area contributed by atoms with E-state index < -0.39 is 10.0 Å². The first kappa shape index (κ1) is 19.1. The average molecular weight is 397 g/mol. The van der Waals surface area contributed by atoms with Crippen molar-refractivity contribution >= 4 is 44.8 Å². The second-order valence-corrected chi connectivity index (χ2v) is 7.62. The molecule has 2 N–H and O–H groups in total. The summed E-state index contributed by atoms with van der Waals surface area (Å²) < 4.78 is 27.2. The van der Waals surface area contributed by atoms with Crippen molar-refractivity contribution in [1.29, 1.82) is 0 Å². The molecule has 0 radical (unpaired) electrons. The Morgan fingerprint density at radius 2 is 1.68 bits per heavy atom. The van der Waals surface area contributed by atoms with Gasteiger partial charge in [0.1, 0.15) is 0 Å². The van der Waals surface area contributed by atoms with Crippen molar-refractivity contribution in [1.82, 2.24) is 5.32 Å². The van der Waals surface area contributed by atoms with Crippen LogP contribution in [0.5, 0.6) is 0 Å². The highest BCUT2D eigenvalue weighted by atomic mass is 35.5. The van der Waals surface area contributed by atoms with E-state index in [0.717, 1.165) is 5.56 Å². The molecule has 0 heterocycles. The summed E-state index contributed by atoms with van der Waals surface area (Å²) in [5.41, 5.74) is 1.08.